The molecule has 0 aromatic carbocycles. The van der Waals surface area contributed by atoms with Crippen LogP contribution in [0.25, 0.3) is 0 Å². The lowest BCUT2D eigenvalue weighted by atomic mass is 10.2. The van der Waals surface area contributed by atoms with Crippen molar-refractivity contribution in [2.45, 2.75) is 63.6 Å². The third-order valence-corrected chi connectivity index (χ3v) is 8.98. The van der Waals surface area contributed by atoms with Crippen molar-refractivity contribution in [3.8, 4) is 0 Å². The van der Waals surface area contributed by atoms with Gasteiger partial charge in [0.2, 0.25) is 0 Å². The van der Waals surface area contributed by atoms with Crippen LogP contribution in [-0.4, -0.2) is 14.9 Å². The average molecular weight is 226 g/mol. The van der Waals surface area contributed by atoms with Gasteiger partial charge in [0.05, 0.1) is 0 Å². The molecule has 1 aliphatic heterocycles. The second kappa shape index (κ2) is 6.49. The first kappa shape index (κ1) is 13.0. The van der Waals surface area contributed by atoms with E-state index in [1.54, 1.807) is 0 Å². The van der Waals surface area contributed by atoms with Gasteiger partial charge in [-0.1, -0.05) is 39.2 Å². The molecule has 1 fully saturated rings. The molecule has 0 aromatic heterocycles. The first-order valence-electron chi connectivity index (χ1n) is 6.46. The van der Waals surface area contributed by atoms with E-state index in [2.05, 4.69) is 20.4 Å². The van der Waals surface area contributed by atoms with Crippen LogP contribution < -0.4 is 0 Å². The molecule has 0 aliphatic carbocycles. The van der Waals surface area contributed by atoms with Crippen molar-refractivity contribution in [2.24, 2.45) is 0 Å². The lowest BCUT2D eigenvalue weighted by Gasteiger charge is -2.38. The van der Waals surface area contributed by atoms with Crippen LogP contribution in [0.3, 0.4) is 0 Å². The van der Waals surface area contributed by atoms with E-state index in [4.69, 9.17) is 4.43 Å². The molecule has 15 heavy (non-hydrogen) atoms. The van der Waals surface area contributed by atoms with Crippen molar-refractivity contribution >= 4 is 8.32 Å². The van der Waals surface area contributed by atoms with E-state index in [0.29, 0.717) is 0 Å². The van der Waals surface area contributed by atoms with Crippen molar-refractivity contribution < 1.29 is 4.43 Å². The van der Waals surface area contributed by atoms with Gasteiger partial charge >= 0.3 is 0 Å². The Kier molecular flexibility index (Phi) is 5.62. The molecule has 1 saturated heterocycles. The maximum Gasteiger partial charge on any atom is 0.195 e. The van der Waals surface area contributed by atoms with Crippen LogP contribution >= 0.6 is 0 Å². The van der Waals surface area contributed by atoms with E-state index in [-0.39, 0.29) is 0 Å². The number of unbranched alkanes of at least 4 members (excludes halogenated alkanes) is 2. The molecule has 0 bridgehead atoms. The first-order chi connectivity index (χ1) is 7.21. The fraction of sp³-hybridized carbons (Fsp3) is 0.846. The molecule has 0 spiro atoms. The average Bonchev–Trinajstić information content (AvgIpc) is 2.26. The van der Waals surface area contributed by atoms with Crippen LogP contribution in [-0.2, 0) is 4.43 Å². The van der Waals surface area contributed by atoms with Gasteiger partial charge < -0.3 is 4.43 Å². The first-order valence-corrected chi connectivity index (χ1v) is 8.86. The molecule has 88 valence electrons. The normalized spacial score (nSPS) is 26.9. The second-order valence-corrected chi connectivity index (χ2v) is 9.63. The summed E-state index contributed by atoms with van der Waals surface area (Å²) in [5.41, 5.74) is 0.793. The minimum Gasteiger partial charge on any atom is -0.417 e. The van der Waals surface area contributed by atoms with Gasteiger partial charge in [0, 0.05) is 6.61 Å². The van der Waals surface area contributed by atoms with Crippen LogP contribution in [0, 0.1) is 0 Å². The van der Waals surface area contributed by atoms with Gasteiger partial charge in [-0.3, -0.25) is 0 Å². The third-order valence-electron chi connectivity index (χ3n) is 3.69. The number of allylic oxidation sites excluding steroid dienone is 1. The van der Waals surface area contributed by atoms with Crippen molar-refractivity contribution in [3.63, 3.8) is 0 Å². The zero-order valence-corrected chi connectivity index (χ0v) is 11.4. The Bertz CT molecular complexity index is 183. The summed E-state index contributed by atoms with van der Waals surface area (Å²) in [6.07, 6.45) is 8.54. The summed E-state index contributed by atoms with van der Waals surface area (Å²) in [5, 5.41) is 0. The van der Waals surface area contributed by atoms with E-state index < -0.39 is 8.32 Å². The maximum atomic E-state index is 6.22. The van der Waals surface area contributed by atoms with E-state index >= 15 is 0 Å². The lowest BCUT2D eigenvalue weighted by Crippen LogP contribution is -2.44. The van der Waals surface area contributed by atoms with Crippen molar-refractivity contribution in [1.29, 1.82) is 0 Å². The predicted molar refractivity (Wildman–Crippen MR) is 69.7 cm³/mol. The molecule has 1 heterocycles. The standard InChI is InChI=1S/C13H26OSi/c1-4-5-6-8-11-15(13(2)3)12-9-7-10-14-15/h4,13H,1,5-12H2,2-3H3. The summed E-state index contributed by atoms with van der Waals surface area (Å²) in [6.45, 7) is 9.54. The van der Waals surface area contributed by atoms with Crippen LogP contribution in [0.15, 0.2) is 12.7 Å². The summed E-state index contributed by atoms with van der Waals surface area (Å²) in [6, 6.07) is 2.78. The monoisotopic (exact) mass is 226 g/mol. The van der Waals surface area contributed by atoms with Gasteiger partial charge in [-0.2, -0.15) is 0 Å². The predicted octanol–water partition coefficient (Wildman–Crippen LogP) is 4.51. The highest BCUT2D eigenvalue weighted by Gasteiger charge is 2.39. The van der Waals surface area contributed by atoms with E-state index in [1.165, 1.54) is 44.2 Å². The molecule has 0 amide bonds. The molecule has 0 radical (unpaired) electrons. The Morgan fingerprint density at radius 3 is 2.67 bits per heavy atom. The minimum atomic E-state index is -1.34. The molecular formula is C13H26OSi. The third kappa shape index (κ3) is 3.76. The topological polar surface area (TPSA) is 9.23 Å². The summed E-state index contributed by atoms with van der Waals surface area (Å²) in [4.78, 5) is 0. The number of hydrogen-bond acceptors (Lipinski definition) is 1. The molecule has 1 unspecified atom stereocenters. The van der Waals surface area contributed by atoms with Crippen LogP contribution in [0.4, 0.5) is 0 Å². The summed E-state index contributed by atoms with van der Waals surface area (Å²) < 4.78 is 6.22. The van der Waals surface area contributed by atoms with Gasteiger partial charge in [-0.15, -0.1) is 6.58 Å². The van der Waals surface area contributed by atoms with E-state index in [1.807, 2.05) is 6.08 Å². The molecule has 0 saturated carbocycles. The van der Waals surface area contributed by atoms with Gasteiger partial charge in [0.25, 0.3) is 0 Å². The Balaban J connectivity index is 2.38. The molecule has 0 aromatic rings. The molecular weight excluding hydrogens is 200 g/mol. The highest BCUT2D eigenvalue weighted by Crippen LogP contribution is 2.36. The van der Waals surface area contributed by atoms with Crippen LogP contribution in [0.5, 0.6) is 0 Å². The molecule has 1 aliphatic rings. The Hall–Kier alpha value is -0.0831. The maximum absolute atomic E-state index is 6.22. The van der Waals surface area contributed by atoms with Crippen LogP contribution in [0.1, 0.15) is 46.0 Å². The van der Waals surface area contributed by atoms with E-state index in [0.717, 1.165) is 12.1 Å². The quantitative estimate of drug-likeness (QED) is 0.368. The lowest BCUT2D eigenvalue weighted by molar-refractivity contribution is 0.258. The van der Waals surface area contributed by atoms with Crippen molar-refractivity contribution in [3.05, 3.63) is 12.7 Å². The van der Waals surface area contributed by atoms with E-state index in [9.17, 15) is 0 Å². The summed E-state index contributed by atoms with van der Waals surface area (Å²) in [7, 11) is -1.34. The molecule has 0 N–H and O–H groups in total. The SMILES string of the molecule is C=CCCCC[Si]1(C(C)C)CCCCO1. The molecule has 1 atom stereocenters. The van der Waals surface area contributed by atoms with Crippen molar-refractivity contribution in [2.75, 3.05) is 6.61 Å². The van der Waals surface area contributed by atoms with Crippen LogP contribution in [0.2, 0.25) is 17.6 Å². The summed E-state index contributed by atoms with van der Waals surface area (Å²) >= 11 is 0. The zero-order chi connectivity index (χ0) is 11.1. The highest BCUT2D eigenvalue weighted by molar-refractivity contribution is 6.75. The fourth-order valence-corrected chi connectivity index (χ4v) is 6.80. The number of hydrogen-bond donors (Lipinski definition) is 0. The van der Waals surface area contributed by atoms with Gasteiger partial charge in [0.15, 0.2) is 8.32 Å². The Labute approximate surface area is 96.0 Å². The zero-order valence-electron chi connectivity index (χ0n) is 10.4. The second-order valence-electron chi connectivity index (χ2n) is 5.06. The Morgan fingerprint density at radius 1 is 1.33 bits per heavy atom. The minimum absolute atomic E-state index is 0.793. The molecule has 1 rings (SSSR count). The van der Waals surface area contributed by atoms with Gasteiger partial charge in [-0.25, -0.2) is 0 Å². The smallest absolute Gasteiger partial charge is 0.195 e. The highest BCUT2D eigenvalue weighted by atomic mass is 28.4. The molecule has 2 heteroatoms. The van der Waals surface area contributed by atoms with Gasteiger partial charge in [-0.05, 0) is 30.5 Å². The Morgan fingerprint density at radius 2 is 2.13 bits per heavy atom. The van der Waals surface area contributed by atoms with Crippen molar-refractivity contribution in [1.82, 2.24) is 0 Å². The largest absolute Gasteiger partial charge is 0.417 e. The summed E-state index contributed by atoms with van der Waals surface area (Å²) in [5.74, 6) is 0. The van der Waals surface area contributed by atoms with Gasteiger partial charge in [0.1, 0.15) is 0 Å². The fourth-order valence-electron chi connectivity index (χ4n) is 2.53. The number of rotatable bonds is 6. The molecule has 1 nitrogen and oxygen atoms in total.